The summed E-state index contributed by atoms with van der Waals surface area (Å²) in [6.45, 7) is 3.19. The summed E-state index contributed by atoms with van der Waals surface area (Å²) in [4.78, 5) is 0. The molecule has 0 saturated carbocycles. The first-order valence-electron chi connectivity index (χ1n) is 6.80. The van der Waals surface area contributed by atoms with Crippen LogP contribution >= 0.6 is 0 Å². The standard InChI is InChI=1S/C17H18N2O2/c1-3-21-16-8-7-15(10-17(16)20-2)19-12-14-6-4-5-13(9-14)11-18/h4-10,19H,3,12H2,1-2H3. The lowest BCUT2D eigenvalue weighted by atomic mass is 10.1. The van der Waals surface area contributed by atoms with Gasteiger partial charge in [-0.1, -0.05) is 12.1 Å². The second-order valence-electron chi connectivity index (χ2n) is 4.46. The van der Waals surface area contributed by atoms with Gasteiger partial charge in [0.2, 0.25) is 0 Å². The highest BCUT2D eigenvalue weighted by atomic mass is 16.5. The molecule has 0 saturated heterocycles. The molecule has 21 heavy (non-hydrogen) atoms. The van der Waals surface area contributed by atoms with Crippen LogP contribution in [0.15, 0.2) is 42.5 Å². The summed E-state index contributed by atoms with van der Waals surface area (Å²) in [7, 11) is 1.62. The largest absolute Gasteiger partial charge is 0.493 e. The highest BCUT2D eigenvalue weighted by Crippen LogP contribution is 2.30. The van der Waals surface area contributed by atoms with Crippen molar-refractivity contribution in [1.82, 2.24) is 0 Å². The Morgan fingerprint density at radius 1 is 1.14 bits per heavy atom. The average Bonchev–Trinajstić information content (AvgIpc) is 2.54. The topological polar surface area (TPSA) is 54.3 Å². The molecule has 2 rings (SSSR count). The van der Waals surface area contributed by atoms with E-state index in [4.69, 9.17) is 14.7 Å². The van der Waals surface area contributed by atoms with Crippen molar-refractivity contribution >= 4 is 5.69 Å². The molecule has 0 heterocycles. The summed E-state index contributed by atoms with van der Waals surface area (Å²) >= 11 is 0. The predicted octanol–water partition coefficient (Wildman–Crippen LogP) is 3.58. The molecule has 0 unspecified atom stereocenters. The number of nitrogens with zero attached hydrogens (tertiary/aromatic N) is 1. The third-order valence-corrected chi connectivity index (χ3v) is 3.02. The predicted molar refractivity (Wildman–Crippen MR) is 82.6 cm³/mol. The van der Waals surface area contributed by atoms with Crippen LogP contribution in [0.2, 0.25) is 0 Å². The van der Waals surface area contributed by atoms with Crippen molar-refractivity contribution in [3.63, 3.8) is 0 Å². The molecule has 0 amide bonds. The Morgan fingerprint density at radius 2 is 2.00 bits per heavy atom. The van der Waals surface area contributed by atoms with Gasteiger partial charge in [-0.2, -0.15) is 5.26 Å². The van der Waals surface area contributed by atoms with Gasteiger partial charge >= 0.3 is 0 Å². The van der Waals surface area contributed by atoms with Crippen molar-refractivity contribution in [3.8, 4) is 17.6 Å². The van der Waals surface area contributed by atoms with E-state index in [-0.39, 0.29) is 0 Å². The van der Waals surface area contributed by atoms with Crippen LogP contribution in [0.25, 0.3) is 0 Å². The lowest BCUT2D eigenvalue weighted by molar-refractivity contribution is 0.311. The van der Waals surface area contributed by atoms with E-state index >= 15 is 0 Å². The fraction of sp³-hybridized carbons (Fsp3) is 0.235. The lowest BCUT2D eigenvalue weighted by Gasteiger charge is -2.12. The van der Waals surface area contributed by atoms with Crippen LogP contribution in [0.4, 0.5) is 5.69 Å². The first-order valence-corrected chi connectivity index (χ1v) is 6.80. The second kappa shape index (κ2) is 7.20. The molecular formula is C17H18N2O2. The Balaban J connectivity index is 2.07. The van der Waals surface area contributed by atoms with Crippen LogP contribution in [0.5, 0.6) is 11.5 Å². The maximum atomic E-state index is 8.90. The quantitative estimate of drug-likeness (QED) is 0.880. The highest BCUT2D eigenvalue weighted by Gasteiger charge is 2.05. The van der Waals surface area contributed by atoms with Gasteiger partial charge in [0, 0.05) is 18.3 Å². The monoisotopic (exact) mass is 282 g/mol. The van der Waals surface area contributed by atoms with Gasteiger partial charge in [0.15, 0.2) is 11.5 Å². The number of nitriles is 1. The molecule has 0 aromatic heterocycles. The second-order valence-corrected chi connectivity index (χ2v) is 4.46. The average molecular weight is 282 g/mol. The Kier molecular flexibility index (Phi) is 5.05. The molecule has 1 N–H and O–H groups in total. The van der Waals surface area contributed by atoms with E-state index < -0.39 is 0 Å². The van der Waals surface area contributed by atoms with Gasteiger partial charge in [0.1, 0.15) is 0 Å². The van der Waals surface area contributed by atoms with E-state index in [9.17, 15) is 0 Å². The number of rotatable bonds is 6. The maximum Gasteiger partial charge on any atom is 0.162 e. The lowest BCUT2D eigenvalue weighted by Crippen LogP contribution is -2.01. The molecule has 4 heteroatoms. The summed E-state index contributed by atoms with van der Waals surface area (Å²) in [5.74, 6) is 1.43. The Labute approximate surface area is 124 Å². The Morgan fingerprint density at radius 3 is 2.71 bits per heavy atom. The number of methoxy groups -OCH3 is 1. The number of anilines is 1. The van der Waals surface area contributed by atoms with Gasteiger partial charge in [-0.3, -0.25) is 0 Å². The molecule has 0 spiro atoms. The normalized spacial score (nSPS) is 9.76. The molecule has 2 aromatic carbocycles. The SMILES string of the molecule is CCOc1ccc(NCc2cccc(C#N)c2)cc1OC. The molecule has 0 aliphatic carbocycles. The van der Waals surface area contributed by atoms with Gasteiger partial charge in [-0.05, 0) is 36.8 Å². The third kappa shape index (κ3) is 3.90. The van der Waals surface area contributed by atoms with Crippen molar-refractivity contribution in [2.75, 3.05) is 19.0 Å². The van der Waals surface area contributed by atoms with E-state index in [0.717, 1.165) is 17.0 Å². The third-order valence-electron chi connectivity index (χ3n) is 3.02. The number of hydrogen-bond acceptors (Lipinski definition) is 4. The van der Waals surface area contributed by atoms with Gasteiger partial charge < -0.3 is 14.8 Å². The maximum absolute atomic E-state index is 8.90. The fourth-order valence-corrected chi connectivity index (χ4v) is 2.01. The molecule has 0 aliphatic heterocycles. The molecule has 4 nitrogen and oxygen atoms in total. The number of nitrogens with one attached hydrogen (secondary N) is 1. The first-order chi connectivity index (χ1) is 10.3. The zero-order chi connectivity index (χ0) is 15.1. The van der Waals surface area contributed by atoms with Crippen molar-refractivity contribution in [2.45, 2.75) is 13.5 Å². The fourth-order valence-electron chi connectivity index (χ4n) is 2.01. The molecule has 108 valence electrons. The summed E-state index contributed by atoms with van der Waals surface area (Å²) in [6, 6.07) is 15.4. The number of ether oxygens (including phenoxy) is 2. The van der Waals surface area contributed by atoms with Crippen LogP contribution < -0.4 is 14.8 Å². The van der Waals surface area contributed by atoms with E-state index in [0.29, 0.717) is 24.5 Å². The number of benzene rings is 2. The highest BCUT2D eigenvalue weighted by molar-refractivity contribution is 5.55. The van der Waals surface area contributed by atoms with Crippen LogP contribution in [-0.2, 0) is 6.54 Å². The molecule has 0 bridgehead atoms. The molecule has 0 aliphatic rings. The van der Waals surface area contributed by atoms with Gasteiger partial charge in [0.25, 0.3) is 0 Å². The number of hydrogen-bond donors (Lipinski definition) is 1. The van der Waals surface area contributed by atoms with Crippen LogP contribution in [0.1, 0.15) is 18.1 Å². The smallest absolute Gasteiger partial charge is 0.162 e. The van der Waals surface area contributed by atoms with E-state index in [2.05, 4.69) is 11.4 Å². The summed E-state index contributed by atoms with van der Waals surface area (Å²) in [5.41, 5.74) is 2.66. The minimum atomic E-state index is 0.601. The Bertz CT molecular complexity index is 647. The van der Waals surface area contributed by atoms with Crippen LogP contribution in [0.3, 0.4) is 0 Å². The summed E-state index contributed by atoms with van der Waals surface area (Å²) < 4.78 is 10.8. The van der Waals surface area contributed by atoms with E-state index in [1.54, 1.807) is 13.2 Å². The minimum Gasteiger partial charge on any atom is -0.493 e. The van der Waals surface area contributed by atoms with Crippen molar-refractivity contribution in [1.29, 1.82) is 5.26 Å². The zero-order valence-electron chi connectivity index (χ0n) is 12.2. The molecule has 0 fully saturated rings. The summed E-state index contributed by atoms with van der Waals surface area (Å²) in [6.07, 6.45) is 0. The van der Waals surface area contributed by atoms with Crippen LogP contribution in [0, 0.1) is 11.3 Å². The Hall–Kier alpha value is -2.67. The van der Waals surface area contributed by atoms with Gasteiger partial charge in [-0.25, -0.2) is 0 Å². The van der Waals surface area contributed by atoms with Gasteiger partial charge in [0.05, 0.1) is 25.3 Å². The van der Waals surface area contributed by atoms with Crippen molar-refractivity contribution in [2.24, 2.45) is 0 Å². The van der Waals surface area contributed by atoms with E-state index in [1.165, 1.54) is 0 Å². The molecule has 0 atom stereocenters. The molecular weight excluding hydrogens is 264 g/mol. The van der Waals surface area contributed by atoms with Gasteiger partial charge in [-0.15, -0.1) is 0 Å². The molecule has 0 radical (unpaired) electrons. The van der Waals surface area contributed by atoms with E-state index in [1.807, 2.05) is 43.3 Å². The van der Waals surface area contributed by atoms with Crippen molar-refractivity contribution < 1.29 is 9.47 Å². The minimum absolute atomic E-state index is 0.601. The van der Waals surface area contributed by atoms with Crippen LogP contribution in [-0.4, -0.2) is 13.7 Å². The first kappa shape index (κ1) is 14.7. The zero-order valence-corrected chi connectivity index (χ0v) is 12.2. The molecule has 2 aromatic rings. The summed E-state index contributed by atoms with van der Waals surface area (Å²) in [5, 5.41) is 12.2. The van der Waals surface area contributed by atoms with Crippen molar-refractivity contribution in [3.05, 3.63) is 53.6 Å².